The molecule has 19 heavy (non-hydrogen) atoms. The second kappa shape index (κ2) is 6.64. The van der Waals surface area contributed by atoms with Crippen LogP contribution in [0.25, 0.3) is 0 Å². The molecule has 0 aliphatic rings. The molecule has 102 valence electrons. The molecule has 2 nitrogen and oxygen atoms in total. The smallest absolute Gasteiger partial charge is 0.0470 e. The second-order valence-electron chi connectivity index (χ2n) is 4.67. The van der Waals surface area contributed by atoms with E-state index in [1.165, 1.54) is 15.3 Å². The van der Waals surface area contributed by atoms with Crippen LogP contribution < -0.4 is 5.32 Å². The first-order valence-electron chi connectivity index (χ1n) is 6.51. The summed E-state index contributed by atoms with van der Waals surface area (Å²) < 4.78 is 1.03. The monoisotopic (exact) mass is 338 g/mol. The molecule has 2 aromatic heterocycles. The van der Waals surface area contributed by atoms with Gasteiger partial charge in [-0.05, 0) is 60.1 Å². The van der Waals surface area contributed by atoms with Crippen molar-refractivity contribution in [1.82, 2.24) is 10.3 Å². The predicted octanol–water partition coefficient (Wildman–Crippen LogP) is 4.42. The molecule has 0 saturated carbocycles. The molecular weight excluding hydrogens is 320 g/mol. The molecule has 0 bridgehead atoms. The van der Waals surface area contributed by atoms with Crippen LogP contribution in [-0.2, 0) is 6.42 Å². The number of thiophene rings is 1. The molecule has 1 N–H and O–H groups in total. The molecule has 2 rings (SSSR count). The number of aromatic nitrogens is 1. The summed E-state index contributed by atoms with van der Waals surface area (Å²) in [6, 6.07) is 6.79. The molecule has 2 heterocycles. The Labute approximate surface area is 127 Å². The largest absolute Gasteiger partial charge is 0.309 e. The molecule has 2 aromatic rings. The first-order valence-corrected chi connectivity index (χ1v) is 8.12. The summed E-state index contributed by atoms with van der Waals surface area (Å²) in [5.41, 5.74) is 2.50. The van der Waals surface area contributed by atoms with Crippen molar-refractivity contribution in [2.24, 2.45) is 0 Å². The third-order valence-corrected chi connectivity index (χ3v) is 4.92. The Morgan fingerprint density at radius 1 is 1.37 bits per heavy atom. The molecule has 0 amide bonds. The van der Waals surface area contributed by atoms with Crippen molar-refractivity contribution in [1.29, 1.82) is 0 Å². The number of hydrogen-bond acceptors (Lipinski definition) is 3. The highest BCUT2D eigenvalue weighted by molar-refractivity contribution is 9.10. The molecule has 0 fully saturated rings. The van der Waals surface area contributed by atoms with Gasteiger partial charge in [0.15, 0.2) is 0 Å². The van der Waals surface area contributed by atoms with E-state index < -0.39 is 0 Å². The molecule has 0 aliphatic heterocycles. The minimum atomic E-state index is 0.357. The summed E-state index contributed by atoms with van der Waals surface area (Å²) in [4.78, 5) is 7.28. The van der Waals surface area contributed by atoms with E-state index >= 15 is 0 Å². The number of halogens is 1. The van der Waals surface area contributed by atoms with Gasteiger partial charge in [-0.25, -0.2) is 0 Å². The predicted molar refractivity (Wildman–Crippen MR) is 85.9 cm³/mol. The van der Waals surface area contributed by atoms with Gasteiger partial charge in [0.2, 0.25) is 0 Å². The van der Waals surface area contributed by atoms with E-state index in [4.69, 9.17) is 0 Å². The van der Waals surface area contributed by atoms with Crippen LogP contribution in [0.4, 0.5) is 0 Å². The highest BCUT2D eigenvalue weighted by atomic mass is 79.9. The lowest BCUT2D eigenvalue weighted by atomic mass is 10.1. The van der Waals surface area contributed by atoms with Crippen LogP contribution in [0.3, 0.4) is 0 Å². The van der Waals surface area contributed by atoms with Gasteiger partial charge in [-0.1, -0.05) is 6.92 Å². The van der Waals surface area contributed by atoms with Gasteiger partial charge in [-0.2, -0.15) is 0 Å². The maximum Gasteiger partial charge on any atom is 0.0470 e. The van der Waals surface area contributed by atoms with Crippen LogP contribution in [0.1, 0.15) is 34.0 Å². The van der Waals surface area contributed by atoms with Gasteiger partial charge in [-0.3, -0.25) is 4.98 Å². The fraction of sp³-hybridized carbons (Fsp3) is 0.400. The van der Waals surface area contributed by atoms with Gasteiger partial charge in [-0.15, -0.1) is 11.3 Å². The van der Waals surface area contributed by atoms with Crippen molar-refractivity contribution >= 4 is 27.3 Å². The molecule has 0 radical (unpaired) electrons. The van der Waals surface area contributed by atoms with Crippen LogP contribution in [0, 0.1) is 13.8 Å². The lowest BCUT2D eigenvalue weighted by Gasteiger charge is -2.16. The van der Waals surface area contributed by atoms with E-state index in [-0.39, 0.29) is 0 Å². The molecule has 0 aromatic carbocycles. The summed E-state index contributed by atoms with van der Waals surface area (Å²) >= 11 is 5.31. The zero-order valence-electron chi connectivity index (χ0n) is 11.5. The van der Waals surface area contributed by atoms with Gasteiger partial charge in [0, 0.05) is 38.6 Å². The topological polar surface area (TPSA) is 24.9 Å². The zero-order valence-corrected chi connectivity index (χ0v) is 13.9. The van der Waals surface area contributed by atoms with Gasteiger partial charge in [0.25, 0.3) is 0 Å². The maximum absolute atomic E-state index is 4.47. The Balaban J connectivity index is 2.18. The summed E-state index contributed by atoms with van der Waals surface area (Å²) in [7, 11) is 0. The lowest BCUT2D eigenvalue weighted by molar-refractivity contribution is 0.552. The molecule has 0 spiro atoms. The van der Waals surface area contributed by atoms with Crippen LogP contribution in [0.5, 0.6) is 0 Å². The van der Waals surface area contributed by atoms with E-state index in [2.05, 4.69) is 65.2 Å². The SMILES string of the molecule is CCNC(Cc1ccc(Br)cn1)c1cc(C)c(C)s1. The van der Waals surface area contributed by atoms with Gasteiger partial charge in [0.1, 0.15) is 0 Å². The van der Waals surface area contributed by atoms with E-state index in [0.29, 0.717) is 6.04 Å². The summed E-state index contributed by atoms with van der Waals surface area (Å²) in [5.74, 6) is 0. The van der Waals surface area contributed by atoms with Crippen molar-refractivity contribution < 1.29 is 0 Å². The van der Waals surface area contributed by atoms with E-state index in [1.807, 2.05) is 17.5 Å². The number of pyridine rings is 1. The van der Waals surface area contributed by atoms with Crippen LogP contribution in [-0.4, -0.2) is 11.5 Å². The fourth-order valence-electron chi connectivity index (χ4n) is 2.03. The highest BCUT2D eigenvalue weighted by Gasteiger charge is 2.15. The molecular formula is C15H19BrN2S. The van der Waals surface area contributed by atoms with Crippen molar-refractivity contribution in [3.8, 4) is 0 Å². The standard InChI is InChI=1S/C15H19BrN2S/c1-4-17-14(15-7-10(2)11(3)19-15)8-13-6-5-12(16)9-18-13/h5-7,9,14,17H,4,8H2,1-3H3. The quantitative estimate of drug-likeness (QED) is 0.872. The number of nitrogens with one attached hydrogen (secondary N) is 1. The summed E-state index contributed by atoms with van der Waals surface area (Å²) in [6.07, 6.45) is 2.80. The Morgan fingerprint density at radius 2 is 2.16 bits per heavy atom. The zero-order chi connectivity index (χ0) is 13.8. The van der Waals surface area contributed by atoms with Crippen LogP contribution >= 0.6 is 27.3 Å². The van der Waals surface area contributed by atoms with Crippen molar-refractivity contribution in [2.75, 3.05) is 6.54 Å². The van der Waals surface area contributed by atoms with E-state index in [0.717, 1.165) is 23.1 Å². The number of likely N-dealkylation sites (N-methyl/N-ethyl adjacent to an activating group) is 1. The van der Waals surface area contributed by atoms with Crippen molar-refractivity contribution in [3.63, 3.8) is 0 Å². The van der Waals surface area contributed by atoms with Gasteiger partial charge in [0.05, 0.1) is 0 Å². The Morgan fingerprint density at radius 3 is 2.68 bits per heavy atom. The molecule has 0 saturated heterocycles. The average Bonchev–Trinajstić information content (AvgIpc) is 2.72. The Bertz CT molecular complexity index is 514. The Hall–Kier alpha value is -0.710. The fourth-order valence-corrected chi connectivity index (χ4v) is 3.38. The number of rotatable bonds is 5. The van der Waals surface area contributed by atoms with E-state index in [9.17, 15) is 0 Å². The maximum atomic E-state index is 4.47. The molecule has 1 unspecified atom stereocenters. The summed E-state index contributed by atoms with van der Waals surface area (Å²) in [6.45, 7) is 7.48. The molecule has 0 aliphatic carbocycles. The molecule has 1 atom stereocenters. The van der Waals surface area contributed by atoms with Crippen molar-refractivity contribution in [2.45, 2.75) is 33.2 Å². The third kappa shape index (κ3) is 3.88. The normalized spacial score (nSPS) is 12.6. The van der Waals surface area contributed by atoms with Gasteiger partial charge < -0.3 is 5.32 Å². The number of nitrogens with zero attached hydrogens (tertiary/aromatic N) is 1. The van der Waals surface area contributed by atoms with E-state index in [1.54, 1.807) is 0 Å². The average molecular weight is 339 g/mol. The third-order valence-electron chi connectivity index (χ3n) is 3.18. The van der Waals surface area contributed by atoms with Crippen LogP contribution in [0.2, 0.25) is 0 Å². The molecule has 4 heteroatoms. The lowest BCUT2D eigenvalue weighted by Crippen LogP contribution is -2.22. The number of hydrogen-bond donors (Lipinski definition) is 1. The first-order chi connectivity index (χ1) is 9.10. The summed E-state index contributed by atoms with van der Waals surface area (Å²) in [5, 5.41) is 3.56. The minimum absolute atomic E-state index is 0.357. The van der Waals surface area contributed by atoms with Crippen molar-refractivity contribution in [3.05, 3.63) is 49.9 Å². The number of aryl methyl sites for hydroxylation is 2. The first kappa shape index (κ1) is 14.7. The Kier molecular flexibility index (Phi) is 5.13. The highest BCUT2D eigenvalue weighted by Crippen LogP contribution is 2.28. The second-order valence-corrected chi connectivity index (χ2v) is 6.87. The van der Waals surface area contributed by atoms with Gasteiger partial charge >= 0.3 is 0 Å². The van der Waals surface area contributed by atoms with Crippen LogP contribution in [0.15, 0.2) is 28.9 Å². The minimum Gasteiger partial charge on any atom is -0.309 e.